The quantitative estimate of drug-likeness (QED) is 0.264. The highest BCUT2D eigenvalue weighted by Crippen LogP contribution is 2.31. The number of phenolic OH excluding ortho intramolecular Hbond substituents is 2. The molecule has 0 saturated carbocycles. The predicted molar refractivity (Wildman–Crippen MR) is 139 cm³/mol. The lowest BCUT2D eigenvalue weighted by Crippen LogP contribution is -2.57. The highest BCUT2D eigenvalue weighted by molar-refractivity contribution is 5.93. The zero-order valence-electron chi connectivity index (χ0n) is 20.9. The zero-order valence-corrected chi connectivity index (χ0v) is 20.9. The van der Waals surface area contributed by atoms with Gasteiger partial charge in [-0.05, 0) is 65.9 Å². The lowest BCUT2D eigenvalue weighted by molar-refractivity contribution is -0.142. The van der Waals surface area contributed by atoms with Crippen LogP contribution in [0.3, 0.4) is 0 Å². The molecule has 0 radical (unpaired) electrons. The molecule has 1 aliphatic heterocycles. The monoisotopic (exact) mass is 512 g/mol. The SMILES string of the molecule is CN1C(=O)[C@H](CCCN)NC(=O)[C@@H](N)Cc2cc(ccc2O)-c2ccc(O)c(c2)C[C@H]1C(=O)NCCN. The Morgan fingerprint density at radius 1 is 1.03 bits per heavy atom. The summed E-state index contributed by atoms with van der Waals surface area (Å²) in [7, 11) is 1.48. The van der Waals surface area contributed by atoms with Crippen molar-refractivity contribution in [2.45, 2.75) is 43.8 Å². The van der Waals surface area contributed by atoms with E-state index in [2.05, 4.69) is 10.6 Å². The third-order valence-electron chi connectivity index (χ3n) is 6.56. The van der Waals surface area contributed by atoms with Crippen LogP contribution in [0.2, 0.25) is 0 Å². The fourth-order valence-electron chi connectivity index (χ4n) is 4.37. The molecule has 4 bridgehead atoms. The number of hydrogen-bond donors (Lipinski definition) is 7. The molecule has 0 fully saturated rings. The number of carbonyl (C=O) groups excluding carboxylic acids is 3. The van der Waals surface area contributed by atoms with Crippen molar-refractivity contribution < 1.29 is 24.6 Å². The smallest absolute Gasteiger partial charge is 0.245 e. The Bertz CT molecular complexity index is 1140. The van der Waals surface area contributed by atoms with Crippen LogP contribution >= 0.6 is 0 Å². The zero-order chi connectivity index (χ0) is 27.1. The van der Waals surface area contributed by atoms with Crippen LogP contribution in [0.1, 0.15) is 24.0 Å². The Balaban J connectivity index is 2.13. The van der Waals surface area contributed by atoms with Crippen LogP contribution in [0.15, 0.2) is 36.4 Å². The molecule has 1 heterocycles. The Labute approximate surface area is 216 Å². The number of rotatable bonds is 6. The van der Waals surface area contributed by atoms with Gasteiger partial charge in [0.15, 0.2) is 0 Å². The van der Waals surface area contributed by atoms with E-state index in [1.165, 1.54) is 24.1 Å². The van der Waals surface area contributed by atoms with E-state index in [4.69, 9.17) is 17.2 Å². The molecular formula is C26H36N6O5. The molecule has 10 N–H and O–H groups in total. The van der Waals surface area contributed by atoms with E-state index in [0.717, 1.165) is 11.1 Å². The van der Waals surface area contributed by atoms with Crippen molar-refractivity contribution in [3.05, 3.63) is 47.5 Å². The van der Waals surface area contributed by atoms with Crippen molar-refractivity contribution in [1.82, 2.24) is 15.5 Å². The third kappa shape index (κ3) is 6.76. The van der Waals surface area contributed by atoms with Gasteiger partial charge in [0.2, 0.25) is 17.7 Å². The van der Waals surface area contributed by atoms with Crippen molar-refractivity contribution in [3.63, 3.8) is 0 Å². The summed E-state index contributed by atoms with van der Waals surface area (Å²) >= 11 is 0. The first-order valence-corrected chi connectivity index (χ1v) is 12.3. The number of carbonyl (C=O) groups is 3. The van der Waals surface area contributed by atoms with Gasteiger partial charge in [-0.3, -0.25) is 14.4 Å². The van der Waals surface area contributed by atoms with E-state index < -0.39 is 35.8 Å². The van der Waals surface area contributed by atoms with Gasteiger partial charge in [0.1, 0.15) is 23.6 Å². The summed E-state index contributed by atoms with van der Waals surface area (Å²) in [4.78, 5) is 41.0. The number of hydrogen-bond acceptors (Lipinski definition) is 8. The van der Waals surface area contributed by atoms with Gasteiger partial charge in [0.05, 0.1) is 6.04 Å². The minimum atomic E-state index is -1.04. The fraction of sp³-hybridized carbons (Fsp3) is 0.423. The number of benzene rings is 2. The maximum atomic E-state index is 13.6. The number of aromatic hydroxyl groups is 2. The summed E-state index contributed by atoms with van der Waals surface area (Å²) in [6.07, 6.45) is 0.751. The van der Waals surface area contributed by atoms with Gasteiger partial charge < -0.3 is 42.9 Å². The summed E-state index contributed by atoms with van der Waals surface area (Å²) < 4.78 is 0. The maximum Gasteiger partial charge on any atom is 0.245 e. The first-order valence-electron chi connectivity index (χ1n) is 12.3. The third-order valence-corrected chi connectivity index (χ3v) is 6.56. The van der Waals surface area contributed by atoms with Gasteiger partial charge >= 0.3 is 0 Å². The van der Waals surface area contributed by atoms with Crippen molar-refractivity contribution in [2.75, 3.05) is 26.7 Å². The lowest BCUT2D eigenvalue weighted by atomic mass is 9.95. The average molecular weight is 513 g/mol. The second kappa shape index (κ2) is 12.5. The topological polar surface area (TPSA) is 197 Å². The average Bonchev–Trinajstić information content (AvgIpc) is 2.89. The van der Waals surface area contributed by atoms with E-state index in [1.54, 1.807) is 24.3 Å². The Kier molecular flexibility index (Phi) is 9.45. The van der Waals surface area contributed by atoms with Crippen molar-refractivity contribution in [3.8, 4) is 22.6 Å². The first-order chi connectivity index (χ1) is 17.7. The molecule has 0 unspecified atom stereocenters. The fourth-order valence-corrected chi connectivity index (χ4v) is 4.37. The molecule has 0 aromatic heterocycles. The predicted octanol–water partition coefficient (Wildman–Crippen LogP) is -0.684. The van der Waals surface area contributed by atoms with Crippen LogP contribution in [0.4, 0.5) is 0 Å². The molecule has 200 valence electrons. The van der Waals surface area contributed by atoms with E-state index in [-0.39, 0.29) is 43.9 Å². The van der Waals surface area contributed by atoms with Gasteiger partial charge in [0.25, 0.3) is 0 Å². The molecule has 2 aromatic rings. The summed E-state index contributed by atoms with van der Waals surface area (Å²) in [6.45, 7) is 0.728. The van der Waals surface area contributed by atoms with Gasteiger partial charge in [0, 0.05) is 33.0 Å². The van der Waals surface area contributed by atoms with Gasteiger partial charge in [-0.1, -0.05) is 12.1 Å². The number of nitrogens with zero attached hydrogens (tertiary/aromatic N) is 1. The van der Waals surface area contributed by atoms with Crippen molar-refractivity contribution >= 4 is 17.7 Å². The molecule has 0 spiro atoms. The van der Waals surface area contributed by atoms with E-state index in [9.17, 15) is 24.6 Å². The summed E-state index contributed by atoms with van der Waals surface area (Å²) in [6, 6.07) is 6.92. The van der Waals surface area contributed by atoms with Gasteiger partial charge in [-0.25, -0.2) is 0 Å². The van der Waals surface area contributed by atoms with Crippen LogP contribution in [-0.2, 0) is 27.2 Å². The van der Waals surface area contributed by atoms with Gasteiger partial charge in [-0.15, -0.1) is 0 Å². The molecule has 11 heteroatoms. The summed E-state index contributed by atoms with van der Waals surface area (Å²) in [5, 5.41) is 26.4. The van der Waals surface area contributed by atoms with Crippen LogP contribution < -0.4 is 27.8 Å². The Hall–Kier alpha value is -3.67. The van der Waals surface area contributed by atoms with Crippen LogP contribution in [0.5, 0.6) is 11.5 Å². The highest BCUT2D eigenvalue weighted by Gasteiger charge is 2.33. The highest BCUT2D eigenvalue weighted by atomic mass is 16.3. The standard InChI is InChI=1S/C26H36N6O5/c1-32-21(25(36)30-10-9-28)14-18-12-16(5-7-23(18)34)15-4-6-22(33)17(11-15)13-19(29)24(35)31-20(26(32)37)3-2-8-27/h4-7,11-12,19-21,33-34H,2-3,8-10,13-14,27-29H2,1H3,(H,30,36)(H,31,35)/t19-,20-,21-/m0/s1. The molecule has 3 amide bonds. The van der Waals surface area contributed by atoms with E-state index >= 15 is 0 Å². The number of nitrogens with two attached hydrogens (primary N) is 3. The minimum absolute atomic E-state index is 0.0116. The molecule has 3 rings (SSSR count). The van der Waals surface area contributed by atoms with Crippen molar-refractivity contribution in [1.29, 1.82) is 0 Å². The number of likely N-dealkylation sites (N-methyl/N-ethyl adjacent to an activating group) is 1. The summed E-state index contributed by atoms with van der Waals surface area (Å²) in [5.41, 5.74) is 19.7. The molecule has 37 heavy (non-hydrogen) atoms. The number of amides is 3. The van der Waals surface area contributed by atoms with Crippen LogP contribution in [-0.4, -0.2) is 77.6 Å². The van der Waals surface area contributed by atoms with E-state index in [1.807, 2.05) is 0 Å². The Morgan fingerprint density at radius 2 is 1.62 bits per heavy atom. The van der Waals surface area contributed by atoms with E-state index in [0.29, 0.717) is 24.1 Å². The normalized spacial score (nSPS) is 20.5. The molecule has 1 aliphatic rings. The number of fused-ring (bicyclic) bond motifs is 5. The second-order valence-electron chi connectivity index (χ2n) is 9.24. The summed E-state index contributed by atoms with van der Waals surface area (Å²) in [5.74, 6) is -1.54. The first kappa shape index (κ1) is 27.9. The molecular weight excluding hydrogens is 476 g/mol. The largest absolute Gasteiger partial charge is 0.508 e. The molecule has 0 aliphatic carbocycles. The molecule has 3 atom stereocenters. The number of phenols is 2. The van der Waals surface area contributed by atoms with Gasteiger partial charge in [-0.2, -0.15) is 0 Å². The minimum Gasteiger partial charge on any atom is -0.508 e. The Morgan fingerprint density at radius 3 is 2.19 bits per heavy atom. The van der Waals surface area contributed by atoms with Crippen molar-refractivity contribution in [2.24, 2.45) is 17.2 Å². The second-order valence-corrected chi connectivity index (χ2v) is 9.24. The number of nitrogens with one attached hydrogen (secondary N) is 2. The molecule has 0 saturated heterocycles. The molecule has 11 nitrogen and oxygen atoms in total. The van der Waals surface area contributed by atoms with Crippen LogP contribution in [0, 0.1) is 0 Å². The molecule has 2 aromatic carbocycles. The van der Waals surface area contributed by atoms with Crippen LogP contribution in [0.25, 0.3) is 11.1 Å². The maximum absolute atomic E-state index is 13.6. The lowest BCUT2D eigenvalue weighted by Gasteiger charge is -2.31.